The molecular formula is C25H30N2O5. The number of amides is 2. The van der Waals surface area contributed by atoms with Crippen LogP contribution in [-0.2, 0) is 19.1 Å². The third-order valence-corrected chi connectivity index (χ3v) is 5.48. The van der Waals surface area contributed by atoms with E-state index in [1.54, 1.807) is 33.5 Å². The predicted molar refractivity (Wildman–Crippen MR) is 124 cm³/mol. The van der Waals surface area contributed by atoms with Gasteiger partial charge in [0.15, 0.2) is 0 Å². The maximum atomic E-state index is 13.8. The van der Waals surface area contributed by atoms with Crippen LogP contribution in [0, 0.1) is 13.8 Å². The summed E-state index contributed by atoms with van der Waals surface area (Å²) in [5.74, 6) is -0.210. The van der Waals surface area contributed by atoms with Gasteiger partial charge in [-0.15, -0.1) is 0 Å². The number of imide groups is 1. The van der Waals surface area contributed by atoms with Gasteiger partial charge in [-0.25, -0.2) is 4.90 Å². The van der Waals surface area contributed by atoms with Crippen LogP contribution in [0.2, 0.25) is 0 Å². The minimum atomic E-state index is -0.374. The molecule has 0 unspecified atom stereocenters. The zero-order valence-corrected chi connectivity index (χ0v) is 19.3. The number of aryl methyl sites for hydroxylation is 2. The van der Waals surface area contributed by atoms with Crippen LogP contribution in [0.5, 0.6) is 5.75 Å². The second-order valence-corrected chi connectivity index (χ2v) is 7.63. The largest absolute Gasteiger partial charge is 0.496 e. The highest BCUT2D eigenvalue weighted by atomic mass is 16.5. The van der Waals surface area contributed by atoms with E-state index in [0.29, 0.717) is 54.6 Å². The van der Waals surface area contributed by atoms with Crippen molar-refractivity contribution in [2.45, 2.75) is 13.8 Å². The molecule has 0 N–H and O–H groups in total. The van der Waals surface area contributed by atoms with E-state index in [-0.39, 0.29) is 11.8 Å². The van der Waals surface area contributed by atoms with Crippen LogP contribution in [0.4, 0.5) is 5.69 Å². The van der Waals surface area contributed by atoms with Crippen LogP contribution < -0.4 is 9.64 Å². The molecule has 0 saturated carbocycles. The monoisotopic (exact) mass is 438 g/mol. The zero-order valence-electron chi connectivity index (χ0n) is 19.3. The molecule has 0 spiro atoms. The Bertz CT molecular complexity index is 1020. The SMILES string of the molecule is COCCN(CCOC)C1=C(c2ccccc2OC)C(=O)N(c2ccc(C)cc2C)C1=O. The molecule has 0 radical (unpaired) electrons. The van der Waals surface area contributed by atoms with Gasteiger partial charge in [-0.3, -0.25) is 9.59 Å². The van der Waals surface area contributed by atoms with Crippen molar-refractivity contribution < 1.29 is 23.8 Å². The Morgan fingerprint density at radius 1 is 0.875 bits per heavy atom. The second kappa shape index (κ2) is 10.4. The zero-order chi connectivity index (χ0) is 23.3. The topological polar surface area (TPSA) is 68.3 Å². The number of benzene rings is 2. The Hall–Kier alpha value is -3.16. The third kappa shape index (κ3) is 4.54. The van der Waals surface area contributed by atoms with E-state index in [0.717, 1.165) is 11.1 Å². The van der Waals surface area contributed by atoms with Gasteiger partial charge in [0.2, 0.25) is 0 Å². The number of anilines is 1. The highest BCUT2D eigenvalue weighted by Crippen LogP contribution is 2.39. The van der Waals surface area contributed by atoms with Crippen LogP contribution in [-0.4, -0.2) is 64.3 Å². The van der Waals surface area contributed by atoms with Gasteiger partial charge in [-0.2, -0.15) is 0 Å². The first-order chi connectivity index (χ1) is 15.4. The molecule has 3 rings (SSSR count). The van der Waals surface area contributed by atoms with Gasteiger partial charge in [0.05, 0.1) is 31.6 Å². The fourth-order valence-corrected chi connectivity index (χ4v) is 3.92. The van der Waals surface area contributed by atoms with E-state index < -0.39 is 0 Å². The number of ether oxygens (including phenoxy) is 3. The Morgan fingerprint density at radius 3 is 2.12 bits per heavy atom. The number of carbonyl (C=O) groups is 2. The number of methoxy groups -OCH3 is 3. The van der Waals surface area contributed by atoms with Crippen LogP contribution >= 0.6 is 0 Å². The Balaban J connectivity index is 2.20. The summed E-state index contributed by atoms with van der Waals surface area (Å²) in [7, 11) is 4.76. The summed E-state index contributed by atoms with van der Waals surface area (Å²) in [5, 5.41) is 0. The molecule has 2 aromatic carbocycles. The van der Waals surface area contributed by atoms with E-state index in [9.17, 15) is 9.59 Å². The molecule has 0 bridgehead atoms. The Labute approximate surface area is 189 Å². The van der Waals surface area contributed by atoms with Crippen LogP contribution in [0.15, 0.2) is 48.2 Å². The molecule has 7 nitrogen and oxygen atoms in total. The summed E-state index contributed by atoms with van der Waals surface area (Å²) in [5.41, 5.74) is 3.72. The van der Waals surface area contributed by atoms with Crippen molar-refractivity contribution in [3.63, 3.8) is 0 Å². The van der Waals surface area contributed by atoms with Gasteiger partial charge in [-0.1, -0.05) is 35.9 Å². The summed E-state index contributed by atoms with van der Waals surface area (Å²) in [4.78, 5) is 30.7. The number of nitrogens with zero attached hydrogens (tertiary/aromatic N) is 2. The fraction of sp³-hybridized carbons (Fsp3) is 0.360. The number of para-hydroxylation sites is 1. The number of carbonyl (C=O) groups excluding carboxylic acids is 2. The van der Waals surface area contributed by atoms with Crippen molar-refractivity contribution in [3.8, 4) is 5.75 Å². The quantitative estimate of drug-likeness (QED) is 0.531. The van der Waals surface area contributed by atoms with E-state index >= 15 is 0 Å². The van der Waals surface area contributed by atoms with E-state index in [1.807, 2.05) is 49.1 Å². The molecule has 0 atom stereocenters. The minimum absolute atomic E-state index is 0.319. The van der Waals surface area contributed by atoms with Gasteiger partial charge in [0.25, 0.3) is 11.8 Å². The predicted octanol–water partition coefficient (Wildman–Crippen LogP) is 3.19. The van der Waals surface area contributed by atoms with Gasteiger partial charge >= 0.3 is 0 Å². The van der Waals surface area contributed by atoms with Crippen LogP contribution in [0.1, 0.15) is 16.7 Å². The molecule has 0 fully saturated rings. The molecule has 0 aromatic heterocycles. The number of hydrogen-bond donors (Lipinski definition) is 0. The molecule has 0 saturated heterocycles. The third-order valence-electron chi connectivity index (χ3n) is 5.48. The van der Waals surface area contributed by atoms with Gasteiger partial charge in [0.1, 0.15) is 11.4 Å². The Morgan fingerprint density at radius 2 is 1.53 bits per heavy atom. The van der Waals surface area contributed by atoms with Crippen molar-refractivity contribution >= 4 is 23.1 Å². The number of rotatable bonds is 10. The standard InChI is InChI=1S/C25H30N2O5/c1-17-10-11-20(18(2)16-17)27-24(28)22(19-8-6-7-9-21(19)32-5)23(25(27)29)26(12-14-30-3)13-15-31-4/h6-11,16H,12-15H2,1-5H3. The number of hydrogen-bond acceptors (Lipinski definition) is 6. The summed E-state index contributed by atoms with van der Waals surface area (Å²) in [6.45, 7) is 5.55. The highest BCUT2D eigenvalue weighted by molar-refractivity contribution is 6.45. The summed E-state index contributed by atoms with van der Waals surface area (Å²) < 4.78 is 16.1. The summed E-state index contributed by atoms with van der Waals surface area (Å²) in [6, 6.07) is 12.9. The lowest BCUT2D eigenvalue weighted by molar-refractivity contribution is -0.120. The Kier molecular flexibility index (Phi) is 7.66. The smallest absolute Gasteiger partial charge is 0.282 e. The molecule has 2 amide bonds. The summed E-state index contributed by atoms with van der Waals surface area (Å²) >= 11 is 0. The van der Waals surface area contributed by atoms with Crippen LogP contribution in [0.3, 0.4) is 0 Å². The van der Waals surface area contributed by atoms with Crippen molar-refractivity contribution in [1.29, 1.82) is 0 Å². The second-order valence-electron chi connectivity index (χ2n) is 7.63. The fourth-order valence-electron chi connectivity index (χ4n) is 3.92. The maximum absolute atomic E-state index is 13.8. The van der Waals surface area contributed by atoms with E-state index in [4.69, 9.17) is 14.2 Å². The minimum Gasteiger partial charge on any atom is -0.496 e. The molecule has 1 heterocycles. The molecule has 7 heteroatoms. The van der Waals surface area contributed by atoms with Crippen molar-refractivity contribution in [1.82, 2.24) is 4.90 Å². The lowest BCUT2D eigenvalue weighted by Crippen LogP contribution is -2.38. The molecule has 32 heavy (non-hydrogen) atoms. The molecule has 170 valence electrons. The molecule has 1 aliphatic heterocycles. The van der Waals surface area contributed by atoms with E-state index in [2.05, 4.69) is 0 Å². The molecular weight excluding hydrogens is 408 g/mol. The first kappa shape index (κ1) is 23.5. The molecule has 0 aliphatic carbocycles. The maximum Gasteiger partial charge on any atom is 0.282 e. The van der Waals surface area contributed by atoms with Crippen LogP contribution in [0.25, 0.3) is 5.57 Å². The van der Waals surface area contributed by atoms with Gasteiger partial charge < -0.3 is 19.1 Å². The van der Waals surface area contributed by atoms with Crippen molar-refractivity contribution in [2.24, 2.45) is 0 Å². The normalized spacial score (nSPS) is 13.8. The lowest BCUT2D eigenvalue weighted by Gasteiger charge is -2.26. The highest BCUT2D eigenvalue weighted by Gasteiger charge is 2.43. The molecule has 2 aromatic rings. The summed E-state index contributed by atoms with van der Waals surface area (Å²) in [6.07, 6.45) is 0. The van der Waals surface area contributed by atoms with Crippen molar-refractivity contribution in [3.05, 3.63) is 64.9 Å². The average molecular weight is 439 g/mol. The average Bonchev–Trinajstić information content (AvgIpc) is 3.04. The molecule has 1 aliphatic rings. The first-order valence-corrected chi connectivity index (χ1v) is 10.5. The van der Waals surface area contributed by atoms with E-state index in [1.165, 1.54) is 4.90 Å². The first-order valence-electron chi connectivity index (χ1n) is 10.5. The van der Waals surface area contributed by atoms with Gasteiger partial charge in [-0.05, 0) is 31.5 Å². The van der Waals surface area contributed by atoms with Gasteiger partial charge in [0, 0.05) is 32.9 Å². The lowest BCUT2D eigenvalue weighted by atomic mass is 10.0. The van der Waals surface area contributed by atoms with Crippen molar-refractivity contribution in [2.75, 3.05) is 52.5 Å².